The fourth-order valence-electron chi connectivity index (χ4n) is 2.22. The Morgan fingerprint density at radius 3 is 2.89 bits per heavy atom. The summed E-state index contributed by atoms with van der Waals surface area (Å²) in [5.74, 6) is 1.74. The second-order valence-electron chi connectivity index (χ2n) is 4.58. The first-order valence-corrected chi connectivity index (χ1v) is 6.74. The molecule has 2 N–H and O–H groups in total. The zero-order chi connectivity index (χ0) is 12.8. The van der Waals surface area contributed by atoms with E-state index in [1.807, 2.05) is 14.0 Å². The van der Waals surface area contributed by atoms with E-state index < -0.39 is 0 Å². The maximum Gasteiger partial charge on any atom is 0.244 e. The quantitative estimate of drug-likeness (QED) is 0.726. The standard InChI is InChI=1S/C12H23N5O/c1-3-18-9-6-11-14-12(16-15-11)17-7-4-10(13-2)5-8-17/h10,13H,3-9H2,1-2H3,(H,14,15,16). The summed E-state index contributed by atoms with van der Waals surface area (Å²) in [7, 11) is 2.03. The largest absolute Gasteiger partial charge is 0.381 e. The topological polar surface area (TPSA) is 66.1 Å². The van der Waals surface area contributed by atoms with Gasteiger partial charge in [0.05, 0.1) is 6.61 Å². The number of aromatic nitrogens is 3. The van der Waals surface area contributed by atoms with Crippen LogP contribution < -0.4 is 10.2 Å². The molecular formula is C12H23N5O. The van der Waals surface area contributed by atoms with Crippen molar-refractivity contribution in [3.05, 3.63) is 5.82 Å². The maximum atomic E-state index is 5.31. The highest BCUT2D eigenvalue weighted by Gasteiger charge is 2.20. The second kappa shape index (κ2) is 6.70. The van der Waals surface area contributed by atoms with Crippen LogP contribution in [-0.4, -0.2) is 54.6 Å². The van der Waals surface area contributed by atoms with Crippen LogP contribution in [-0.2, 0) is 11.2 Å². The van der Waals surface area contributed by atoms with Gasteiger partial charge in [-0.05, 0) is 26.8 Å². The predicted octanol–water partition coefficient (Wildman–Crippen LogP) is 0.572. The summed E-state index contributed by atoms with van der Waals surface area (Å²) >= 11 is 0. The van der Waals surface area contributed by atoms with E-state index in [2.05, 4.69) is 25.4 Å². The molecule has 0 radical (unpaired) electrons. The normalized spacial score (nSPS) is 17.3. The predicted molar refractivity (Wildman–Crippen MR) is 70.9 cm³/mol. The molecule has 1 aromatic heterocycles. The molecule has 0 bridgehead atoms. The number of piperidine rings is 1. The summed E-state index contributed by atoms with van der Waals surface area (Å²) in [6, 6.07) is 0.637. The molecule has 1 saturated heterocycles. The zero-order valence-electron chi connectivity index (χ0n) is 11.3. The average Bonchev–Trinajstić information content (AvgIpc) is 2.88. The first-order valence-electron chi connectivity index (χ1n) is 6.74. The van der Waals surface area contributed by atoms with Crippen molar-refractivity contribution in [2.24, 2.45) is 0 Å². The second-order valence-corrected chi connectivity index (χ2v) is 4.58. The van der Waals surface area contributed by atoms with Gasteiger partial charge >= 0.3 is 0 Å². The number of H-pyrrole nitrogens is 1. The average molecular weight is 253 g/mol. The van der Waals surface area contributed by atoms with Crippen molar-refractivity contribution in [1.29, 1.82) is 0 Å². The van der Waals surface area contributed by atoms with Crippen LogP contribution in [0.1, 0.15) is 25.6 Å². The van der Waals surface area contributed by atoms with Gasteiger partial charge in [-0.3, -0.25) is 5.10 Å². The van der Waals surface area contributed by atoms with Crippen molar-refractivity contribution < 1.29 is 4.74 Å². The van der Waals surface area contributed by atoms with Gasteiger partial charge in [-0.1, -0.05) is 0 Å². The molecule has 1 aromatic rings. The Balaban J connectivity index is 1.82. The summed E-state index contributed by atoms with van der Waals surface area (Å²) in [6.45, 7) is 5.49. The van der Waals surface area contributed by atoms with Crippen molar-refractivity contribution >= 4 is 5.95 Å². The smallest absolute Gasteiger partial charge is 0.244 e. The first kappa shape index (κ1) is 13.3. The minimum Gasteiger partial charge on any atom is -0.381 e. The molecule has 0 aromatic carbocycles. The molecule has 2 rings (SSSR count). The molecule has 2 heterocycles. The van der Waals surface area contributed by atoms with E-state index in [4.69, 9.17) is 4.74 Å². The van der Waals surface area contributed by atoms with Gasteiger partial charge < -0.3 is 15.0 Å². The van der Waals surface area contributed by atoms with Crippen LogP contribution in [0, 0.1) is 0 Å². The molecule has 1 fully saturated rings. The molecule has 1 aliphatic heterocycles. The third-order valence-electron chi connectivity index (χ3n) is 3.39. The fourth-order valence-corrected chi connectivity index (χ4v) is 2.22. The highest BCUT2D eigenvalue weighted by molar-refractivity contribution is 5.29. The van der Waals surface area contributed by atoms with E-state index >= 15 is 0 Å². The molecular weight excluding hydrogens is 230 g/mol. The van der Waals surface area contributed by atoms with Crippen molar-refractivity contribution in [2.75, 3.05) is 38.3 Å². The number of nitrogens with zero attached hydrogens (tertiary/aromatic N) is 3. The van der Waals surface area contributed by atoms with Gasteiger partial charge in [0.15, 0.2) is 0 Å². The van der Waals surface area contributed by atoms with Crippen molar-refractivity contribution in [3.8, 4) is 0 Å². The van der Waals surface area contributed by atoms with Crippen molar-refractivity contribution in [1.82, 2.24) is 20.5 Å². The number of hydrogen-bond donors (Lipinski definition) is 2. The van der Waals surface area contributed by atoms with Crippen LogP contribution in [0.5, 0.6) is 0 Å². The number of ether oxygens (including phenoxy) is 1. The van der Waals surface area contributed by atoms with Gasteiger partial charge in [-0.15, -0.1) is 5.10 Å². The third-order valence-corrected chi connectivity index (χ3v) is 3.39. The SMILES string of the molecule is CCOCCc1nc(N2CCC(NC)CC2)n[nH]1. The molecule has 18 heavy (non-hydrogen) atoms. The number of hydrogen-bond acceptors (Lipinski definition) is 5. The lowest BCUT2D eigenvalue weighted by atomic mass is 10.1. The van der Waals surface area contributed by atoms with Crippen LogP contribution in [0.15, 0.2) is 0 Å². The summed E-state index contributed by atoms with van der Waals surface area (Å²) < 4.78 is 5.31. The van der Waals surface area contributed by atoms with E-state index in [1.165, 1.54) is 0 Å². The Hall–Kier alpha value is -1.14. The Morgan fingerprint density at radius 1 is 1.44 bits per heavy atom. The molecule has 1 aliphatic rings. The van der Waals surface area contributed by atoms with Gasteiger partial charge in [-0.2, -0.15) is 4.98 Å². The van der Waals surface area contributed by atoms with E-state index in [9.17, 15) is 0 Å². The lowest BCUT2D eigenvalue weighted by Crippen LogP contribution is -2.41. The van der Waals surface area contributed by atoms with Crippen molar-refractivity contribution in [3.63, 3.8) is 0 Å². The molecule has 0 aliphatic carbocycles. The minimum absolute atomic E-state index is 0.637. The summed E-state index contributed by atoms with van der Waals surface area (Å²) in [5, 5.41) is 10.6. The van der Waals surface area contributed by atoms with Gasteiger partial charge in [-0.25, -0.2) is 0 Å². The van der Waals surface area contributed by atoms with Gasteiger partial charge in [0, 0.05) is 32.2 Å². The van der Waals surface area contributed by atoms with E-state index in [0.717, 1.165) is 50.7 Å². The highest BCUT2D eigenvalue weighted by Crippen LogP contribution is 2.15. The molecule has 0 amide bonds. The molecule has 102 valence electrons. The summed E-state index contributed by atoms with van der Waals surface area (Å²) in [5.41, 5.74) is 0. The monoisotopic (exact) mass is 253 g/mol. The van der Waals surface area contributed by atoms with Crippen LogP contribution in [0.2, 0.25) is 0 Å². The van der Waals surface area contributed by atoms with Crippen LogP contribution in [0.3, 0.4) is 0 Å². The number of aromatic amines is 1. The van der Waals surface area contributed by atoms with E-state index in [0.29, 0.717) is 12.6 Å². The van der Waals surface area contributed by atoms with Gasteiger partial charge in [0.1, 0.15) is 5.82 Å². The Labute approximate surface area is 108 Å². The van der Waals surface area contributed by atoms with Crippen LogP contribution in [0.4, 0.5) is 5.95 Å². The van der Waals surface area contributed by atoms with Crippen LogP contribution in [0.25, 0.3) is 0 Å². The Morgan fingerprint density at radius 2 is 2.22 bits per heavy atom. The summed E-state index contributed by atoms with van der Waals surface area (Å²) in [6.07, 6.45) is 3.10. The molecule has 0 spiro atoms. The zero-order valence-corrected chi connectivity index (χ0v) is 11.3. The van der Waals surface area contributed by atoms with E-state index in [1.54, 1.807) is 0 Å². The lowest BCUT2D eigenvalue weighted by Gasteiger charge is -2.30. The molecule has 6 nitrogen and oxygen atoms in total. The fraction of sp³-hybridized carbons (Fsp3) is 0.833. The molecule has 0 unspecified atom stereocenters. The number of nitrogens with one attached hydrogen (secondary N) is 2. The molecule has 0 atom stereocenters. The molecule has 6 heteroatoms. The van der Waals surface area contributed by atoms with Gasteiger partial charge in [0.2, 0.25) is 5.95 Å². The number of rotatable bonds is 6. The van der Waals surface area contributed by atoms with Crippen LogP contribution >= 0.6 is 0 Å². The minimum atomic E-state index is 0.637. The summed E-state index contributed by atoms with van der Waals surface area (Å²) in [4.78, 5) is 6.76. The Kier molecular flexibility index (Phi) is 4.95. The first-order chi connectivity index (χ1) is 8.83. The Bertz CT molecular complexity index is 346. The lowest BCUT2D eigenvalue weighted by molar-refractivity contribution is 0.149. The van der Waals surface area contributed by atoms with Gasteiger partial charge in [0.25, 0.3) is 0 Å². The van der Waals surface area contributed by atoms with Crippen molar-refractivity contribution in [2.45, 2.75) is 32.2 Å². The highest BCUT2D eigenvalue weighted by atomic mass is 16.5. The third kappa shape index (κ3) is 3.43. The maximum absolute atomic E-state index is 5.31. The molecule has 0 saturated carbocycles. The van der Waals surface area contributed by atoms with E-state index in [-0.39, 0.29) is 0 Å². The number of anilines is 1.